The molecule has 0 heterocycles. The quantitative estimate of drug-likeness (QED) is 0.698. The van der Waals surface area contributed by atoms with Crippen LogP contribution in [0.1, 0.15) is 5.56 Å². The smallest absolute Gasteiger partial charge is 0.123 e. The summed E-state index contributed by atoms with van der Waals surface area (Å²) in [5, 5.41) is 0. The molecule has 0 saturated heterocycles. The maximum absolute atomic E-state index is 12.6. The van der Waals surface area contributed by atoms with Crippen molar-refractivity contribution in [3.8, 4) is 0 Å². The highest BCUT2D eigenvalue weighted by Crippen LogP contribution is 2.22. The van der Waals surface area contributed by atoms with E-state index < -0.39 is 0 Å². The first-order chi connectivity index (χ1) is 7.34. The van der Waals surface area contributed by atoms with Crippen LogP contribution in [0, 0.1) is 5.82 Å². The molecule has 0 nitrogen and oxygen atoms in total. The van der Waals surface area contributed by atoms with Gasteiger partial charge < -0.3 is 0 Å². The van der Waals surface area contributed by atoms with E-state index >= 15 is 0 Å². The highest BCUT2D eigenvalue weighted by Gasteiger charge is 1.95. The molecule has 2 heteroatoms. The van der Waals surface area contributed by atoms with Crippen molar-refractivity contribution < 1.29 is 4.39 Å². The first-order valence-electron chi connectivity index (χ1n) is 4.77. The molecule has 0 radical (unpaired) electrons. The van der Waals surface area contributed by atoms with Gasteiger partial charge in [-0.05, 0) is 29.8 Å². The van der Waals surface area contributed by atoms with Crippen LogP contribution in [0.25, 0.3) is 0 Å². The Bertz CT molecular complexity index is 408. The van der Waals surface area contributed by atoms with Gasteiger partial charge in [0.2, 0.25) is 0 Å². The van der Waals surface area contributed by atoms with Crippen LogP contribution < -0.4 is 0 Å². The van der Waals surface area contributed by atoms with E-state index in [0.29, 0.717) is 0 Å². The summed E-state index contributed by atoms with van der Waals surface area (Å²) in [5.74, 6) is 0.702. The lowest BCUT2D eigenvalue weighted by Crippen LogP contribution is -1.81. The maximum atomic E-state index is 12.6. The zero-order valence-corrected chi connectivity index (χ0v) is 9.01. The number of thioether (sulfide) groups is 1. The predicted octanol–water partition coefficient (Wildman–Crippen LogP) is 4.12. The molecule has 0 unspecified atom stereocenters. The molecule has 0 spiro atoms. The van der Waals surface area contributed by atoms with Gasteiger partial charge in [-0.1, -0.05) is 30.3 Å². The molecule has 0 aliphatic carbocycles. The minimum atomic E-state index is -0.177. The average Bonchev–Trinajstić information content (AvgIpc) is 2.30. The van der Waals surface area contributed by atoms with Crippen LogP contribution in [0.4, 0.5) is 4.39 Å². The average molecular weight is 218 g/mol. The second-order valence-electron chi connectivity index (χ2n) is 3.23. The van der Waals surface area contributed by atoms with Crippen molar-refractivity contribution in [2.24, 2.45) is 0 Å². The van der Waals surface area contributed by atoms with Crippen molar-refractivity contribution in [3.63, 3.8) is 0 Å². The van der Waals surface area contributed by atoms with E-state index in [1.165, 1.54) is 17.0 Å². The Morgan fingerprint density at radius 2 is 1.53 bits per heavy atom. The topological polar surface area (TPSA) is 0 Å². The summed E-state index contributed by atoms with van der Waals surface area (Å²) >= 11 is 1.76. The first kappa shape index (κ1) is 10.2. The van der Waals surface area contributed by atoms with Crippen molar-refractivity contribution in [2.75, 3.05) is 0 Å². The van der Waals surface area contributed by atoms with E-state index in [-0.39, 0.29) is 5.82 Å². The number of halogens is 1. The van der Waals surface area contributed by atoms with Gasteiger partial charge in [0.25, 0.3) is 0 Å². The second kappa shape index (κ2) is 4.99. The second-order valence-corrected chi connectivity index (χ2v) is 4.28. The molecule has 0 fully saturated rings. The van der Waals surface area contributed by atoms with Crippen LogP contribution in [0.15, 0.2) is 59.5 Å². The Hall–Kier alpha value is -1.28. The Kier molecular flexibility index (Phi) is 3.41. The molecule has 15 heavy (non-hydrogen) atoms. The van der Waals surface area contributed by atoms with Gasteiger partial charge in [0, 0.05) is 10.6 Å². The molecule has 2 aromatic rings. The van der Waals surface area contributed by atoms with E-state index in [2.05, 4.69) is 12.1 Å². The lowest BCUT2D eigenvalue weighted by molar-refractivity contribution is 0.627. The summed E-state index contributed by atoms with van der Waals surface area (Å²) in [5.41, 5.74) is 1.14. The number of rotatable bonds is 3. The highest BCUT2D eigenvalue weighted by atomic mass is 32.2. The van der Waals surface area contributed by atoms with Gasteiger partial charge in [0.15, 0.2) is 0 Å². The lowest BCUT2D eigenvalue weighted by Gasteiger charge is -2.01. The molecule has 0 aliphatic rings. The number of hydrogen-bond donors (Lipinski definition) is 0. The van der Waals surface area contributed by atoms with Crippen LogP contribution in [0.2, 0.25) is 0 Å². The zero-order chi connectivity index (χ0) is 10.5. The van der Waals surface area contributed by atoms with E-state index in [0.717, 1.165) is 11.3 Å². The standard InChI is InChI=1S/C13H11FS/c14-12-8-6-11(7-9-12)10-15-13-4-2-1-3-5-13/h1-9H,10H2. The largest absolute Gasteiger partial charge is 0.207 e. The van der Waals surface area contributed by atoms with Crippen molar-refractivity contribution in [1.82, 2.24) is 0 Å². The summed E-state index contributed by atoms with van der Waals surface area (Å²) in [6, 6.07) is 16.8. The molecule has 0 amide bonds. The van der Waals surface area contributed by atoms with Crippen LogP contribution in [0.5, 0.6) is 0 Å². The van der Waals surface area contributed by atoms with Crippen LogP contribution in [0.3, 0.4) is 0 Å². The van der Waals surface area contributed by atoms with Crippen molar-refractivity contribution in [3.05, 3.63) is 66.0 Å². The molecule has 0 atom stereocenters. The predicted molar refractivity (Wildman–Crippen MR) is 62.4 cm³/mol. The summed E-state index contributed by atoms with van der Waals surface area (Å²) in [6.45, 7) is 0. The summed E-state index contributed by atoms with van der Waals surface area (Å²) in [4.78, 5) is 1.24. The molecule has 0 saturated carbocycles. The fourth-order valence-corrected chi connectivity index (χ4v) is 2.14. The zero-order valence-electron chi connectivity index (χ0n) is 8.19. The van der Waals surface area contributed by atoms with Crippen molar-refractivity contribution in [1.29, 1.82) is 0 Å². The first-order valence-corrected chi connectivity index (χ1v) is 5.75. The minimum absolute atomic E-state index is 0.177. The molecule has 0 N–H and O–H groups in total. The van der Waals surface area contributed by atoms with Gasteiger partial charge in [-0.2, -0.15) is 0 Å². The fraction of sp³-hybridized carbons (Fsp3) is 0.0769. The maximum Gasteiger partial charge on any atom is 0.123 e. The van der Waals surface area contributed by atoms with Gasteiger partial charge in [0.1, 0.15) is 5.82 Å². The van der Waals surface area contributed by atoms with Gasteiger partial charge in [-0.15, -0.1) is 11.8 Å². The molecular weight excluding hydrogens is 207 g/mol. The third kappa shape index (κ3) is 3.10. The van der Waals surface area contributed by atoms with Gasteiger partial charge >= 0.3 is 0 Å². The molecule has 2 aromatic carbocycles. The molecule has 0 aliphatic heterocycles. The third-order valence-corrected chi connectivity index (χ3v) is 3.15. The number of hydrogen-bond acceptors (Lipinski definition) is 1. The third-order valence-electron chi connectivity index (χ3n) is 2.06. The van der Waals surface area contributed by atoms with E-state index in [1.54, 1.807) is 11.8 Å². The molecule has 0 aromatic heterocycles. The SMILES string of the molecule is Fc1ccc(CSc2ccccc2)cc1. The highest BCUT2D eigenvalue weighted by molar-refractivity contribution is 7.98. The summed E-state index contributed by atoms with van der Waals surface area (Å²) in [6.07, 6.45) is 0. The normalized spacial score (nSPS) is 10.2. The van der Waals surface area contributed by atoms with Crippen LogP contribution >= 0.6 is 11.8 Å². The van der Waals surface area contributed by atoms with E-state index in [4.69, 9.17) is 0 Å². The summed E-state index contributed by atoms with van der Waals surface area (Å²) < 4.78 is 12.6. The molecular formula is C13H11FS. The Morgan fingerprint density at radius 1 is 0.867 bits per heavy atom. The monoisotopic (exact) mass is 218 g/mol. The molecule has 2 rings (SSSR count). The van der Waals surface area contributed by atoms with Gasteiger partial charge in [0.05, 0.1) is 0 Å². The van der Waals surface area contributed by atoms with E-state index in [9.17, 15) is 4.39 Å². The minimum Gasteiger partial charge on any atom is -0.207 e. The van der Waals surface area contributed by atoms with E-state index in [1.807, 2.05) is 30.3 Å². The van der Waals surface area contributed by atoms with Crippen molar-refractivity contribution >= 4 is 11.8 Å². The molecule has 76 valence electrons. The summed E-state index contributed by atoms with van der Waals surface area (Å²) in [7, 11) is 0. The van der Waals surface area contributed by atoms with Crippen LogP contribution in [-0.4, -0.2) is 0 Å². The van der Waals surface area contributed by atoms with Gasteiger partial charge in [-0.25, -0.2) is 4.39 Å². The lowest BCUT2D eigenvalue weighted by atomic mass is 10.2. The Balaban J connectivity index is 1.96. The number of benzene rings is 2. The Morgan fingerprint density at radius 3 is 2.20 bits per heavy atom. The fourth-order valence-electron chi connectivity index (χ4n) is 1.26. The Labute approximate surface area is 93.1 Å². The van der Waals surface area contributed by atoms with Gasteiger partial charge in [-0.3, -0.25) is 0 Å². The molecule has 0 bridgehead atoms. The van der Waals surface area contributed by atoms with Crippen LogP contribution in [-0.2, 0) is 5.75 Å². The van der Waals surface area contributed by atoms with Crippen molar-refractivity contribution in [2.45, 2.75) is 10.6 Å².